The smallest absolute Gasteiger partial charge is 0.428 e. The number of esters is 1. The highest BCUT2D eigenvalue weighted by Crippen LogP contribution is 2.38. The van der Waals surface area contributed by atoms with Crippen LogP contribution >= 0.6 is 0 Å². The molecule has 0 unspecified atom stereocenters. The molecule has 0 heterocycles. The first kappa shape index (κ1) is 13.0. The molecule has 0 spiro atoms. The summed E-state index contributed by atoms with van der Waals surface area (Å²) in [5, 5.41) is 9.44. The monoisotopic (exact) mass is 238 g/mol. The highest BCUT2D eigenvalue weighted by molar-refractivity contribution is 5.80. The maximum Gasteiger partial charge on any atom is 0.428 e. The Labute approximate surface area is 90.9 Å². The summed E-state index contributed by atoms with van der Waals surface area (Å²) in [7, 11) is 0.822. The summed E-state index contributed by atoms with van der Waals surface area (Å²) in [6, 6.07) is 0. The van der Waals surface area contributed by atoms with E-state index in [0.29, 0.717) is 18.4 Å². The molecule has 3 nitrogen and oxygen atoms in total. The molecule has 1 aliphatic carbocycles. The highest BCUT2D eigenvalue weighted by atomic mass is 19.4. The van der Waals surface area contributed by atoms with Gasteiger partial charge in [-0.15, -0.1) is 0 Å². The number of carbonyl (C=O) groups excluding carboxylic acids is 1. The van der Waals surface area contributed by atoms with E-state index in [4.69, 9.17) is 0 Å². The van der Waals surface area contributed by atoms with Gasteiger partial charge in [0.1, 0.15) is 0 Å². The molecule has 16 heavy (non-hydrogen) atoms. The zero-order valence-electron chi connectivity index (χ0n) is 8.80. The molecular formula is C10H13F3O3. The Hall–Kier alpha value is -1.04. The fourth-order valence-electron chi connectivity index (χ4n) is 1.68. The number of hydrogen-bond acceptors (Lipinski definition) is 3. The van der Waals surface area contributed by atoms with E-state index in [1.54, 1.807) is 6.08 Å². The van der Waals surface area contributed by atoms with Gasteiger partial charge in [-0.3, -0.25) is 0 Å². The maximum absolute atomic E-state index is 12.6. The number of hydrogen-bond donors (Lipinski definition) is 1. The third kappa shape index (κ3) is 2.37. The lowest BCUT2D eigenvalue weighted by Crippen LogP contribution is -2.52. The zero-order chi connectivity index (χ0) is 12.4. The first-order chi connectivity index (χ1) is 7.31. The van der Waals surface area contributed by atoms with Crippen molar-refractivity contribution in [2.45, 2.75) is 37.5 Å². The lowest BCUT2D eigenvalue weighted by Gasteiger charge is -2.28. The predicted molar refractivity (Wildman–Crippen MR) is 49.6 cm³/mol. The van der Waals surface area contributed by atoms with Gasteiger partial charge in [0, 0.05) is 6.42 Å². The van der Waals surface area contributed by atoms with Gasteiger partial charge in [-0.05, 0) is 19.3 Å². The van der Waals surface area contributed by atoms with Crippen LogP contribution in [0.5, 0.6) is 0 Å². The predicted octanol–water partition coefficient (Wildman–Crippen LogP) is 1.95. The molecular weight excluding hydrogens is 225 g/mol. The summed E-state index contributed by atoms with van der Waals surface area (Å²) in [6.45, 7) is 0. The van der Waals surface area contributed by atoms with Crippen LogP contribution < -0.4 is 0 Å². The van der Waals surface area contributed by atoms with Gasteiger partial charge in [0.15, 0.2) is 0 Å². The Bertz CT molecular complexity index is 309. The second-order valence-corrected chi connectivity index (χ2v) is 3.78. The summed E-state index contributed by atoms with van der Waals surface area (Å²) in [5.74, 6) is -1.66. The Morgan fingerprint density at radius 1 is 1.56 bits per heavy atom. The van der Waals surface area contributed by atoms with Crippen molar-refractivity contribution in [3.05, 3.63) is 11.6 Å². The van der Waals surface area contributed by atoms with Crippen LogP contribution in [0.25, 0.3) is 0 Å². The maximum atomic E-state index is 12.6. The van der Waals surface area contributed by atoms with Crippen LogP contribution in [0.2, 0.25) is 0 Å². The van der Waals surface area contributed by atoms with Gasteiger partial charge >= 0.3 is 12.1 Å². The number of rotatable bonds is 3. The van der Waals surface area contributed by atoms with Crippen molar-refractivity contribution in [2.24, 2.45) is 0 Å². The largest absolute Gasteiger partial charge is 0.467 e. The second-order valence-electron chi connectivity index (χ2n) is 3.78. The topological polar surface area (TPSA) is 46.5 Å². The third-order valence-electron chi connectivity index (χ3n) is 2.61. The fraction of sp³-hybridized carbons (Fsp3) is 0.700. The summed E-state index contributed by atoms with van der Waals surface area (Å²) >= 11 is 0. The molecule has 0 bridgehead atoms. The van der Waals surface area contributed by atoms with Crippen molar-refractivity contribution in [2.75, 3.05) is 7.11 Å². The normalized spacial score (nSPS) is 20.2. The number of ether oxygens (including phenoxy) is 1. The van der Waals surface area contributed by atoms with Crippen LogP contribution in [0.15, 0.2) is 11.6 Å². The van der Waals surface area contributed by atoms with Crippen LogP contribution in [-0.4, -0.2) is 30.0 Å². The van der Waals surface area contributed by atoms with Crippen LogP contribution in [0.3, 0.4) is 0 Å². The van der Waals surface area contributed by atoms with Gasteiger partial charge in [-0.1, -0.05) is 11.6 Å². The molecule has 0 saturated heterocycles. The van der Waals surface area contributed by atoms with Crippen molar-refractivity contribution >= 4 is 5.97 Å². The second kappa shape index (κ2) is 4.45. The minimum atomic E-state index is -5.02. The molecule has 1 aliphatic rings. The van der Waals surface area contributed by atoms with E-state index in [1.807, 2.05) is 0 Å². The fourth-order valence-corrected chi connectivity index (χ4v) is 1.68. The molecule has 0 fully saturated rings. The van der Waals surface area contributed by atoms with Crippen LogP contribution in [-0.2, 0) is 9.53 Å². The molecule has 0 saturated carbocycles. The van der Waals surface area contributed by atoms with Crippen molar-refractivity contribution in [1.29, 1.82) is 0 Å². The van der Waals surface area contributed by atoms with Gasteiger partial charge in [-0.2, -0.15) is 13.2 Å². The van der Waals surface area contributed by atoms with Gasteiger partial charge in [0.2, 0.25) is 0 Å². The third-order valence-corrected chi connectivity index (χ3v) is 2.61. The minimum Gasteiger partial charge on any atom is -0.467 e. The Morgan fingerprint density at radius 3 is 2.56 bits per heavy atom. The Morgan fingerprint density at radius 2 is 2.19 bits per heavy atom. The lowest BCUT2D eigenvalue weighted by molar-refractivity contribution is -0.261. The van der Waals surface area contributed by atoms with Gasteiger partial charge in [0.25, 0.3) is 5.60 Å². The van der Waals surface area contributed by atoms with Gasteiger partial charge in [-0.25, -0.2) is 4.79 Å². The van der Waals surface area contributed by atoms with Crippen LogP contribution in [0.4, 0.5) is 13.2 Å². The molecule has 1 atom stereocenters. The van der Waals surface area contributed by atoms with Crippen LogP contribution in [0.1, 0.15) is 25.7 Å². The summed E-state index contributed by atoms with van der Waals surface area (Å²) < 4.78 is 41.9. The molecule has 0 amide bonds. The standard InChI is InChI=1S/C10H13F3O3/c1-16-8(14)9(15,10(11,12)13)6-7-4-2-3-5-7/h4,15H,2-3,5-6H2,1H3/t9-/m1/s1. The van der Waals surface area contributed by atoms with Crippen molar-refractivity contribution in [3.63, 3.8) is 0 Å². The van der Waals surface area contributed by atoms with Crippen molar-refractivity contribution in [3.8, 4) is 0 Å². The summed E-state index contributed by atoms with van der Waals surface area (Å²) in [6.07, 6.45) is -2.21. The number of halogens is 3. The Kier molecular flexibility index (Phi) is 3.62. The van der Waals surface area contributed by atoms with E-state index >= 15 is 0 Å². The average molecular weight is 238 g/mol. The summed E-state index contributed by atoms with van der Waals surface area (Å²) in [4.78, 5) is 11.0. The minimum absolute atomic E-state index is 0.449. The molecule has 0 aromatic heterocycles. The number of carbonyl (C=O) groups is 1. The molecule has 0 aromatic carbocycles. The molecule has 0 aromatic rings. The summed E-state index contributed by atoms with van der Waals surface area (Å²) in [5.41, 5.74) is -2.97. The van der Waals surface area contributed by atoms with Gasteiger partial charge in [0.05, 0.1) is 7.11 Å². The number of allylic oxidation sites excluding steroid dienone is 1. The van der Waals surface area contributed by atoms with Gasteiger partial charge < -0.3 is 9.84 Å². The molecule has 92 valence electrons. The first-order valence-electron chi connectivity index (χ1n) is 4.86. The van der Waals surface area contributed by atoms with Crippen LogP contribution in [0, 0.1) is 0 Å². The quantitative estimate of drug-likeness (QED) is 0.603. The number of methoxy groups -OCH3 is 1. The molecule has 0 radical (unpaired) electrons. The average Bonchev–Trinajstić information content (AvgIpc) is 2.67. The van der Waals surface area contributed by atoms with Crippen molar-refractivity contribution in [1.82, 2.24) is 0 Å². The Balaban J connectivity index is 2.91. The van der Waals surface area contributed by atoms with E-state index < -0.39 is 24.2 Å². The van der Waals surface area contributed by atoms with Crippen molar-refractivity contribution < 1.29 is 27.8 Å². The molecule has 1 N–H and O–H groups in total. The van der Waals surface area contributed by atoms with E-state index in [-0.39, 0.29) is 0 Å². The van der Waals surface area contributed by atoms with E-state index in [0.717, 1.165) is 13.5 Å². The first-order valence-corrected chi connectivity index (χ1v) is 4.86. The van der Waals surface area contributed by atoms with E-state index in [2.05, 4.69) is 4.74 Å². The van der Waals surface area contributed by atoms with E-state index in [1.165, 1.54) is 0 Å². The lowest BCUT2D eigenvalue weighted by atomic mass is 9.93. The number of aliphatic hydroxyl groups is 1. The molecule has 1 rings (SSSR count). The zero-order valence-corrected chi connectivity index (χ0v) is 8.80. The molecule has 0 aliphatic heterocycles. The van der Waals surface area contributed by atoms with E-state index in [9.17, 15) is 23.1 Å². The number of alkyl halides is 3. The SMILES string of the molecule is COC(=O)[C@](O)(CC1=CCCC1)C(F)(F)F. The highest BCUT2D eigenvalue weighted by Gasteiger charge is 2.60. The molecule has 6 heteroatoms.